The number of rotatable bonds is 6. The highest BCUT2D eigenvalue weighted by molar-refractivity contribution is 6.30. The normalized spacial score (nSPS) is 16.4. The van der Waals surface area contributed by atoms with Crippen molar-refractivity contribution in [1.82, 2.24) is 4.98 Å². The molecule has 1 aliphatic rings. The van der Waals surface area contributed by atoms with E-state index in [0.717, 1.165) is 19.3 Å². The van der Waals surface area contributed by atoms with Gasteiger partial charge in [0.1, 0.15) is 5.75 Å². The van der Waals surface area contributed by atoms with Gasteiger partial charge in [0.15, 0.2) is 6.10 Å². The minimum atomic E-state index is -0.957. The van der Waals surface area contributed by atoms with E-state index in [1.807, 2.05) is 0 Å². The summed E-state index contributed by atoms with van der Waals surface area (Å²) in [5.41, 5.74) is 1.34. The molecule has 2 rings (SSSR count). The van der Waals surface area contributed by atoms with Gasteiger partial charge in [-0.1, -0.05) is 23.3 Å². The highest BCUT2D eigenvalue weighted by Crippen LogP contribution is 2.24. The summed E-state index contributed by atoms with van der Waals surface area (Å²) in [4.78, 5) is 15.1. The Bertz CT molecular complexity index is 502. The second-order valence-electron chi connectivity index (χ2n) is 4.93. The van der Waals surface area contributed by atoms with Crippen molar-refractivity contribution in [2.45, 2.75) is 44.6 Å². The number of aliphatic carboxylic acids is 1. The van der Waals surface area contributed by atoms with Gasteiger partial charge in [0.05, 0.1) is 11.2 Å². The van der Waals surface area contributed by atoms with Crippen LogP contribution in [-0.4, -0.2) is 22.2 Å². The molecule has 0 radical (unpaired) electrons. The Balaban J connectivity index is 1.93. The third-order valence-electron chi connectivity index (χ3n) is 3.35. The number of aromatic nitrogens is 1. The molecule has 1 aromatic heterocycles. The van der Waals surface area contributed by atoms with Gasteiger partial charge in [-0.05, 0) is 38.5 Å². The van der Waals surface area contributed by atoms with Gasteiger partial charge in [-0.3, -0.25) is 4.98 Å². The second-order valence-corrected chi connectivity index (χ2v) is 5.37. The number of carboxylic acids is 1. The molecule has 4 nitrogen and oxygen atoms in total. The van der Waals surface area contributed by atoms with Crippen molar-refractivity contribution in [3.8, 4) is 5.75 Å². The zero-order valence-electron chi connectivity index (χ0n) is 11.2. The van der Waals surface area contributed by atoms with E-state index < -0.39 is 12.1 Å². The highest BCUT2D eigenvalue weighted by atomic mass is 35.5. The molecule has 20 heavy (non-hydrogen) atoms. The molecule has 0 amide bonds. The Morgan fingerprint density at radius 3 is 2.95 bits per heavy atom. The second kappa shape index (κ2) is 7.29. The predicted molar refractivity (Wildman–Crippen MR) is 77.1 cm³/mol. The first-order valence-electron chi connectivity index (χ1n) is 6.83. The third-order valence-corrected chi connectivity index (χ3v) is 3.55. The minimum absolute atomic E-state index is 0.391. The number of ether oxygens (including phenoxy) is 1. The van der Waals surface area contributed by atoms with E-state index in [2.05, 4.69) is 11.1 Å². The largest absolute Gasteiger partial charge is 0.479 e. The smallest absolute Gasteiger partial charge is 0.344 e. The van der Waals surface area contributed by atoms with Gasteiger partial charge in [-0.15, -0.1) is 0 Å². The van der Waals surface area contributed by atoms with E-state index in [0.29, 0.717) is 17.2 Å². The van der Waals surface area contributed by atoms with Crippen molar-refractivity contribution in [1.29, 1.82) is 0 Å². The third kappa shape index (κ3) is 4.53. The summed E-state index contributed by atoms with van der Waals surface area (Å²) in [6.45, 7) is 0. The standard InChI is InChI=1S/C15H18ClNO3/c16-12-8-13(10-17-9-12)20-14(15(18)19)7-6-11-4-2-1-3-5-11/h4,8-10,14H,1-3,5-7H2,(H,18,19). The Labute approximate surface area is 123 Å². The summed E-state index contributed by atoms with van der Waals surface area (Å²) < 4.78 is 5.47. The Kier molecular flexibility index (Phi) is 5.41. The number of carboxylic acid groups (broad SMARTS) is 1. The number of nitrogens with zero attached hydrogens (tertiary/aromatic N) is 1. The van der Waals surface area contributed by atoms with E-state index in [1.165, 1.54) is 30.8 Å². The zero-order valence-corrected chi connectivity index (χ0v) is 12.0. The average Bonchev–Trinajstić information content (AvgIpc) is 2.44. The summed E-state index contributed by atoms with van der Waals surface area (Å²) in [5, 5.41) is 9.67. The predicted octanol–water partition coefficient (Wildman–Crippen LogP) is 3.85. The van der Waals surface area contributed by atoms with Crippen LogP contribution in [0.25, 0.3) is 0 Å². The van der Waals surface area contributed by atoms with Crippen molar-refractivity contribution in [2.75, 3.05) is 0 Å². The Hall–Kier alpha value is -1.55. The fraction of sp³-hybridized carbons (Fsp3) is 0.467. The first-order chi connectivity index (χ1) is 9.65. The molecule has 108 valence electrons. The molecule has 0 saturated carbocycles. The summed E-state index contributed by atoms with van der Waals surface area (Å²) in [5.74, 6) is -0.566. The maximum atomic E-state index is 11.3. The monoisotopic (exact) mass is 295 g/mol. The lowest BCUT2D eigenvalue weighted by atomic mass is 9.95. The summed E-state index contributed by atoms with van der Waals surface area (Å²) in [6, 6.07) is 1.57. The first-order valence-corrected chi connectivity index (χ1v) is 7.21. The molecule has 1 unspecified atom stereocenters. The molecule has 0 fully saturated rings. The zero-order chi connectivity index (χ0) is 14.4. The average molecular weight is 296 g/mol. The molecule has 0 spiro atoms. The van der Waals surface area contributed by atoms with Gasteiger partial charge in [0, 0.05) is 12.3 Å². The molecule has 1 aromatic rings. The molecule has 0 bridgehead atoms. The quantitative estimate of drug-likeness (QED) is 0.810. The lowest BCUT2D eigenvalue weighted by Gasteiger charge is -2.17. The lowest BCUT2D eigenvalue weighted by molar-refractivity contribution is -0.145. The fourth-order valence-corrected chi connectivity index (χ4v) is 2.47. The molecule has 0 aromatic carbocycles. The van der Waals surface area contributed by atoms with E-state index in [1.54, 1.807) is 6.07 Å². The van der Waals surface area contributed by atoms with Crippen LogP contribution < -0.4 is 4.74 Å². The minimum Gasteiger partial charge on any atom is -0.479 e. The van der Waals surface area contributed by atoms with Gasteiger partial charge in [0.25, 0.3) is 0 Å². The van der Waals surface area contributed by atoms with Crippen LogP contribution in [0.5, 0.6) is 5.75 Å². The van der Waals surface area contributed by atoms with Gasteiger partial charge in [0.2, 0.25) is 0 Å². The molecule has 0 saturated heterocycles. The molecular formula is C15H18ClNO3. The Morgan fingerprint density at radius 2 is 2.30 bits per heavy atom. The first kappa shape index (κ1) is 14.9. The van der Waals surface area contributed by atoms with E-state index in [-0.39, 0.29) is 0 Å². The summed E-state index contributed by atoms with van der Waals surface area (Å²) in [6.07, 6.45) is 10.2. The van der Waals surface area contributed by atoms with Crippen LogP contribution >= 0.6 is 11.6 Å². The van der Waals surface area contributed by atoms with Crippen LogP contribution in [0, 0.1) is 0 Å². The molecule has 1 heterocycles. The number of hydrogen-bond acceptors (Lipinski definition) is 3. The SMILES string of the molecule is O=C(O)C(CCC1=CCCCC1)Oc1cncc(Cl)c1. The van der Waals surface area contributed by atoms with Gasteiger partial charge < -0.3 is 9.84 Å². The van der Waals surface area contributed by atoms with Crippen molar-refractivity contribution >= 4 is 17.6 Å². The Morgan fingerprint density at radius 1 is 1.45 bits per heavy atom. The van der Waals surface area contributed by atoms with Gasteiger partial charge >= 0.3 is 5.97 Å². The lowest BCUT2D eigenvalue weighted by Crippen LogP contribution is -2.27. The van der Waals surface area contributed by atoms with Crippen LogP contribution in [0.3, 0.4) is 0 Å². The van der Waals surface area contributed by atoms with Crippen LogP contribution in [-0.2, 0) is 4.79 Å². The number of allylic oxidation sites excluding steroid dienone is 2. The van der Waals surface area contributed by atoms with Crippen molar-refractivity contribution in [3.05, 3.63) is 35.1 Å². The topological polar surface area (TPSA) is 59.4 Å². The number of hydrogen-bond donors (Lipinski definition) is 1. The van der Waals surface area contributed by atoms with E-state index in [9.17, 15) is 9.90 Å². The van der Waals surface area contributed by atoms with Crippen LogP contribution in [0.1, 0.15) is 38.5 Å². The van der Waals surface area contributed by atoms with Crippen LogP contribution in [0.4, 0.5) is 0 Å². The maximum Gasteiger partial charge on any atom is 0.344 e. The maximum absolute atomic E-state index is 11.3. The number of carbonyl (C=O) groups is 1. The fourth-order valence-electron chi connectivity index (χ4n) is 2.30. The van der Waals surface area contributed by atoms with Gasteiger partial charge in [-0.2, -0.15) is 0 Å². The summed E-state index contributed by atoms with van der Waals surface area (Å²) >= 11 is 5.81. The molecule has 0 aliphatic heterocycles. The van der Waals surface area contributed by atoms with Crippen molar-refractivity contribution in [2.24, 2.45) is 0 Å². The summed E-state index contributed by atoms with van der Waals surface area (Å²) in [7, 11) is 0. The number of pyridine rings is 1. The van der Waals surface area contributed by atoms with E-state index >= 15 is 0 Å². The molecule has 5 heteroatoms. The van der Waals surface area contributed by atoms with Crippen molar-refractivity contribution < 1.29 is 14.6 Å². The number of halogens is 1. The molecule has 1 aliphatic carbocycles. The molecule has 1 N–H and O–H groups in total. The molecule has 1 atom stereocenters. The van der Waals surface area contributed by atoms with Crippen LogP contribution in [0.15, 0.2) is 30.1 Å². The van der Waals surface area contributed by atoms with Gasteiger partial charge in [-0.25, -0.2) is 4.79 Å². The highest BCUT2D eigenvalue weighted by Gasteiger charge is 2.20. The molecular weight excluding hydrogens is 278 g/mol. The van der Waals surface area contributed by atoms with Crippen LogP contribution in [0.2, 0.25) is 5.02 Å². The van der Waals surface area contributed by atoms with Crippen molar-refractivity contribution in [3.63, 3.8) is 0 Å². The van der Waals surface area contributed by atoms with E-state index in [4.69, 9.17) is 16.3 Å².